The molecule has 16 heavy (non-hydrogen) atoms. The fourth-order valence-electron chi connectivity index (χ4n) is 2.09. The summed E-state index contributed by atoms with van der Waals surface area (Å²) in [5.74, 6) is -0.320. The molecule has 1 aliphatic rings. The number of primary amides is 1. The largest absolute Gasteiger partial charge is 0.369 e. The van der Waals surface area contributed by atoms with Crippen molar-refractivity contribution in [1.29, 1.82) is 0 Å². The van der Waals surface area contributed by atoms with Gasteiger partial charge in [-0.3, -0.25) is 4.79 Å². The fourth-order valence-corrected chi connectivity index (χ4v) is 2.09. The van der Waals surface area contributed by atoms with E-state index in [1.54, 1.807) is 0 Å². The van der Waals surface area contributed by atoms with E-state index < -0.39 is 11.8 Å². The summed E-state index contributed by atoms with van der Waals surface area (Å²) in [5, 5.41) is 0. The van der Waals surface area contributed by atoms with E-state index in [1.165, 1.54) is 18.4 Å². The summed E-state index contributed by atoms with van der Waals surface area (Å²) in [6, 6.07) is 7.80. The lowest BCUT2D eigenvalue weighted by molar-refractivity contribution is -0.121. The van der Waals surface area contributed by atoms with E-state index in [1.807, 2.05) is 24.3 Å². The van der Waals surface area contributed by atoms with Crippen molar-refractivity contribution in [3.05, 3.63) is 35.4 Å². The first-order valence-corrected chi connectivity index (χ1v) is 5.55. The van der Waals surface area contributed by atoms with Gasteiger partial charge in [-0.2, -0.15) is 0 Å². The summed E-state index contributed by atoms with van der Waals surface area (Å²) in [5.41, 5.74) is 7.47. The number of hydrogen-bond donors (Lipinski definition) is 1. The van der Waals surface area contributed by atoms with Crippen molar-refractivity contribution in [2.45, 2.75) is 31.1 Å². The number of aldehydes is 1. The summed E-state index contributed by atoms with van der Waals surface area (Å²) in [6.07, 6.45) is 3.28. The summed E-state index contributed by atoms with van der Waals surface area (Å²) in [4.78, 5) is 21.9. The maximum absolute atomic E-state index is 11.3. The van der Waals surface area contributed by atoms with Crippen LogP contribution >= 0.6 is 0 Å². The zero-order valence-electron chi connectivity index (χ0n) is 9.06. The molecule has 1 fully saturated rings. The third kappa shape index (κ3) is 2.13. The lowest BCUT2D eigenvalue weighted by Crippen LogP contribution is -2.22. The van der Waals surface area contributed by atoms with Crippen molar-refractivity contribution < 1.29 is 9.59 Å². The highest BCUT2D eigenvalue weighted by atomic mass is 16.1. The number of rotatable bonds is 5. The van der Waals surface area contributed by atoms with Crippen molar-refractivity contribution in [3.8, 4) is 0 Å². The highest BCUT2D eigenvalue weighted by Crippen LogP contribution is 2.43. The van der Waals surface area contributed by atoms with Crippen molar-refractivity contribution in [2.24, 2.45) is 5.73 Å². The minimum atomic E-state index is -0.464. The Hall–Kier alpha value is -1.64. The van der Waals surface area contributed by atoms with Crippen LogP contribution in [-0.2, 0) is 9.59 Å². The van der Waals surface area contributed by atoms with Crippen LogP contribution in [0.4, 0.5) is 0 Å². The van der Waals surface area contributed by atoms with Gasteiger partial charge in [0.05, 0.1) is 5.92 Å². The van der Waals surface area contributed by atoms with Gasteiger partial charge in [-0.15, -0.1) is 0 Å². The normalized spacial score (nSPS) is 16.8. The molecule has 1 aromatic rings. The van der Waals surface area contributed by atoms with Crippen LogP contribution in [0.2, 0.25) is 0 Å². The van der Waals surface area contributed by atoms with Gasteiger partial charge in [0.2, 0.25) is 5.91 Å². The first-order valence-electron chi connectivity index (χ1n) is 5.55. The minimum Gasteiger partial charge on any atom is -0.369 e. The van der Waals surface area contributed by atoms with Crippen LogP contribution in [0.1, 0.15) is 42.2 Å². The molecular weight excluding hydrogens is 202 g/mol. The second-order valence-electron chi connectivity index (χ2n) is 4.26. The zero-order chi connectivity index (χ0) is 11.5. The van der Waals surface area contributed by atoms with E-state index >= 15 is 0 Å². The van der Waals surface area contributed by atoms with Gasteiger partial charge in [-0.1, -0.05) is 24.3 Å². The van der Waals surface area contributed by atoms with Gasteiger partial charge in [0.25, 0.3) is 0 Å². The molecule has 0 aromatic heterocycles. The summed E-state index contributed by atoms with van der Waals surface area (Å²) >= 11 is 0. The van der Waals surface area contributed by atoms with Crippen LogP contribution in [0.15, 0.2) is 24.3 Å². The molecule has 0 aliphatic heterocycles. The molecule has 1 saturated carbocycles. The third-order valence-electron chi connectivity index (χ3n) is 3.06. The first-order chi connectivity index (χ1) is 7.74. The smallest absolute Gasteiger partial charge is 0.225 e. The lowest BCUT2D eigenvalue weighted by Gasteiger charge is -2.15. The highest BCUT2D eigenvalue weighted by molar-refractivity contribution is 5.84. The van der Waals surface area contributed by atoms with E-state index in [0.717, 1.165) is 11.8 Å². The van der Waals surface area contributed by atoms with Crippen molar-refractivity contribution in [1.82, 2.24) is 0 Å². The molecule has 0 bridgehead atoms. The number of carbonyl (C=O) groups is 2. The molecule has 1 aromatic carbocycles. The molecule has 2 N–H and O–H groups in total. The fraction of sp³-hybridized carbons (Fsp3) is 0.385. The molecule has 1 atom stereocenters. The number of amides is 1. The summed E-state index contributed by atoms with van der Waals surface area (Å²) in [7, 11) is 0. The van der Waals surface area contributed by atoms with E-state index in [-0.39, 0.29) is 6.42 Å². The average Bonchev–Trinajstić information content (AvgIpc) is 3.09. The topological polar surface area (TPSA) is 60.2 Å². The van der Waals surface area contributed by atoms with Crippen molar-refractivity contribution >= 4 is 12.2 Å². The van der Waals surface area contributed by atoms with E-state index in [2.05, 4.69) is 0 Å². The molecule has 0 radical (unpaired) electrons. The summed E-state index contributed by atoms with van der Waals surface area (Å²) < 4.78 is 0. The van der Waals surface area contributed by atoms with Gasteiger partial charge < -0.3 is 10.5 Å². The molecule has 0 spiro atoms. The Morgan fingerprint density at radius 1 is 1.44 bits per heavy atom. The van der Waals surface area contributed by atoms with Crippen LogP contribution in [-0.4, -0.2) is 12.2 Å². The minimum absolute atomic E-state index is 0.180. The number of nitrogens with two attached hydrogens (primary N) is 1. The molecule has 3 heteroatoms. The molecule has 0 saturated heterocycles. The molecule has 0 heterocycles. The SMILES string of the molecule is NC(=O)C(CC=O)c1ccccc1C1CC1. The third-order valence-corrected chi connectivity index (χ3v) is 3.06. The van der Waals surface area contributed by atoms with Crippen LogP contribution < -0.4 is 5.73 Å². The average molecular weight is 217 g/mol. The van der Waals surface area contributed by atoms with Crippen LogP contribution in [0.3, 0.4) is 0 Å². The Morgan fingerprint density at radius 2 is 2.12 bits per heavy atom. The zero-order valence-corrected chi connectivity index (χ0v) is 9.06. The quantitative estimate of drug-likeness (QED) is 0.763. The van der Waals surface area contributed by atoms with Crippen LogP contribution in [0.25, 0.3) is 0 Å². The van der Waals surface area contributed by atoms with E-state index in [4.69, 9.17) is 5.73 Å². The molecule has 1 aliphatic carbocycles. The van der Waals surface area contributed by atoms with Gasteiger partial charge in [0.1, 0.15) is 6.29 Å². The maximum Gasteiger partial charge on any atom is 0.225 e. The predicted molar refractivity (Wildman–Crippen MR) is 61.0 cm³/mol. The van der Waals surface area contributed by atoms with Crippen molar-refractivity contribution in [3.63, 3.8) is 0 Å². The molecule has 84 valence electrons. The van der Waals surface area contributed by atoms with E-state index in [0.29, 0.717) is 5.92 Å². The Bertz CT molecular complexity index is 410. The van der Waals surface area contributed by atoms with Crippen molar-refractivity contribution in [2.75, 3.05) is 0 Å². The maximum atomic E-state index is 11.3. The second-order valence-corrected chi connectivity index (χ2v) is 4.26. The Balaban J connectivity index is 2.35. The second kappa shape index (κ2) is 4.47. The molecule has 1 amide bonds. The number of hydrogen-bond acceptors (Lipinski definition) is 2. The molecule has 2 rings (SSSR count). The molecular formula is C13H15NO2. The molecule has 1 unspecified atom stereocenters. The number of carbonyl (C=O) groups excluding carboxylic acids is 2. The monoisotopic (exact) mass is 217 g/mol. The van der Waals surface area contributed by atoms with Gasteiger partial charge in [-0.25, -0.2) is 0 Å². The standard InChI is InChI=1S/C13H15NO2/c14-13(16)12(7-8-15)11-4-2-1-3-10(11)9-5-6-9/h1-4,8-9,12H,5-7H2,(H2,14,16). The predicted octanol–water partition coefficient (Wildman–Crippen LogP) is 1.72. The van der Waals surface area contributed by atoms with Gasteiger partial charge in [-0.05, 0) is 29.9 Å². The summed E-state index contributed by atoms with van der Waals surface area (Å²) in [6.45, 7) is 0. The van der Waals surface area contributed by atoms with Crippen LogP contribution in [0.5, 0.6) is 0 Å². The van der Waals surface area contributed by atoms with Crippen LogP contribution in [0, 0.1) is 0 Å². The van der Waals surface area contributed by atoms with Gasteiger partial charge >= 0.3 is 0 Å². The molecule has 3 nitrogen and oxygen atoms in total. The Morgan fingerprint density at radius 3 is 2.69 bits per heavy atom. The Kier molecular flexibility index (Phi) is 3.04. The van der Waals surface area contributed by atoms with E-state index in [9.17, 15) is 9.59 Å². The lowest BCUT2D eigenvalue weighted by atomic mass is 9.89. The number of benzene rings is 1. The van der Waals surface area contributed by atoms with Gasteiger partial charge in [0, 0.05) is 6.42 Å². The highest BCUT2D eigenvalue weighted by Gasteiger charge is 2.29. The van der Waals surface area contributed by atoms with Gasteiger partial charge in [0.15, 0.2) is 0 Å². The Labute approximate surface area is 94.6 Å². The first kappa shape index (κ1) is 10.9.